The number of piperidine rings is 1. The van der Waals surface area contributed by atoms with Crippen molar-refractivity contribution in [3.05, 3.63) is 58.4 Å². The first-order valence-corrected chi connectivity index (χ1v) is 16.5. The Morgan fingerprint density at radius 2 is 1.89 bits per heavy atom. The normalized spacial score (nSPS) is 22.6. The molecule has 3 saturated heterocycles. The number of aromatic nitrogens is 3. The fourth-order valence-corrected chi connectivity index (χ4v) is 8.12. The molecule has 0 spiro atoms. The number of aromatic amines is 1. The number of para-hydroxylation sites is 1. The van der Waals surface area contributed by atoms with E-state index in [1.807, 2.05) is 6.07 Å². The number of carbonyl (C=O) groups excluding carboxylic acids is 2. The molecule has 2 aromatic heterocycles. The van der Waals surface area contributed by atoms with E-state index in [0.29, 0.717) is 50.1 Å². The van der Waals surface area contributed by atoms with Crippen LogP contribution in [0.2, 0.25) is 0 Å². The molecule has 3 fully saturated rings. The number of nitrogens with zero attached hydrogens (tertiary/aromatic N) is 5. The van der Waals surface area contributed by atoms with Crippen LogP contribution in [0.5, 0.6) is 0 Å². The summed E-state index contributed by atoms with van der Waals surface area (Å²) in [5.41, 5.74) is 1.54. The molecule has 5 heterocycles. The number of imidazole rings is 1. The van der Waals surface area contributed by atoms with E-state index in [1.165, 1.54) is 22.7 Å². The van der Waals surface area contributed by atoms with Gasteiger partial charge in [0, 0.05) is 58.2 Å². The molecule has 1 aromatic carbocycles. The van der Waals surface area contributed by atoms with Crippen molar-refractivity contribution >= 4 is 40.4 Å². The van der Waals surface area contributed by atoms with Crippen LogP contribution in [-0.2, 0) is 9.59 Å². The molecule has 3 aliphatic rings. The summed E-state index contributed by atoms with van der Waals surface area (Å²) < 4.78 is 45.4. The highest BCUT2D eigenvalue weighted by atomic mass is 32.2. The summed E-state index contributed by atoms with van der Waals surface area (Å²) in [5.74, 6) is -3.85. The van der Waals surface area contributed by atoms with Crippen molar-refractivity contribution in [2.24, 2.45) is 5.41 Å². The third kappa shape index (κ3) is 6.45. The predicted octanol–water partition coefficient (Wildman–Crippen LogP) is 5.59. The Morgan fingerprint density at radius 3 is 2.58 bits per heavy atom. The van der Waals surface area contributed by atoms with Gasteiger partial charge in [0.25, 0.3) is 5.92 Å². The second kappa shape index (κ2) is 12.0. The fraction of sp³-hybridized carbons (Fsp3) is 0.562. The fourth-order valence-electron chi connectivity index (χ4n) is 6.62. The number of anilines is 1. The van der Waals surface area contributed by atoms with Crippen molar-refractivity contribution in [2.45, 2.75) is 75.5 Å². The number of hydrogen-bond donors (Lipinski definition) is 1. The van der Waals surface area contributed by atoms with Gasteiger partial charge in [0.05, 0.1) is 23.0 Å². The van der Waals surface area contributed by atoms with Crippen LogP contribution < -0.4 is 10.6 Å². The van der Waals surface area contributed by atoms with Gasteiger partial charge in [-0.1, -0.05) is 32.9 Å². The quantitative estimate of drug-likeness (QED) is 0.360. The molecule has 9 nitrogen and oxygen atoms in total. The van der Waals surface area contributed by atoms with Gasteiger partial charge in [0.15, 0.2) is 5.65 Å². The molecule has 1 unspecified atom stereocenters. The highest BCUT2D eigenvalue weighted by molar-refractivity contribution is 8.01. The van der Waals surface area contributed by atoms with Gasteiger partial charge < -0.3 is 14.7 Å². The summed E-state index contributed by atoms with van der Waals surface area (Å²) in [5, 5.41) is -1.29. The van der Waals surface area contributed by atoms with Gasteiger partial charge in [-0.3, -0.25) is 19.1 Å². The van der Waals surface area contributed by atoms with Crippen LogP contribution in [0.3, 0.4) is 0 Å². The Bertz CT molecular complexity index is 1650. The summed E-state index contributed by atoms with van der Waals surface area (Å²) in [6, 6.07) is 8.08. The van der Waals surface area contributed by atoms with E-state index in [9.17, 15) is 23.2 Å². The third-order valence-corrected chi connectivity index (χ3v) is 10.5. The maximum atomic E-state index is 15.3. The van der Waals surface area contributed by atoms with Crippen LogP contribution in [0.4, 0.5) is 18.9 Å². The molecule has 2 atom stereocenters. The van der Waals surface area contributed by atoms with Gasteiger partial charge in [-0.15, -0.1) is 11.8 Å². The number of fused-ring (bicyclic) bond motifs is 1. The summed E-state index contributed by atoms with van der Waals surface area (Å²) in [7, 11) is 0. The van der Waals surface area contributed by atoms with E-state index < -0.39 is 28.9 Å². The van der Waals surface area contributed by atoms with E-state index in [0.717, 1.165) is 5.52 Å². The van der Waals surface area contributed by atoms with Crippen LogP contribution in [-0.4, -0.2) is 80.0 Å². The van der Waals surface area contributed by atoms with Gasteiger partial charge in [-0.05, 0) is 42.9 Å². The number of amides is 2. The van der Waals surface area contributed by atoms with Crippen LogP contribution in [0.15, 0.2) is 41.3 Å². The summed E-state index contributed by atoms with van der Waals surface area (Å²) in [6.07, 6.45) is 3.12. The zero-order valence-electron chi connectivity index (χ0n) is 25.8. The molecule has 13 heteroatoms. The molecule has 1 N–H and O–H groups in total. The Labute approximate surface area is 265 Å². The lowest BCUT2D eigenvalue weighted by atomic mass is 9.92. The second-order valence-electron chi connectivity index (χ2n) is 13.5. The van der Waals surface area contributed by atoms with Crippen molar-refractivity contribution in [3.63, 3.8) is 0 Å². The lowest BCUT2D eigenvalue weighted by molar-refractivity contribution is -0.136. The van der Waals surface area contributed by atoms with Crippen molar-refractivity contribution < 1.29 is 24.2 Å². The van der Waals surface area contributed by atoms with Crippen molar-refractivity contribution in [2.75, 3.05) is 37.6 Å². The molecular formula is C32H41F3N6O3S. The second-order valence-corrected chi connectivity index (χ2v) is 14.8. The summed E-state index contributed by atoms with van der Waals surface area (Å²) in [6.45, 7) is 6.95. The van der Waals surface area contributed by atoms with Crippen LogP contribution in [0, 0.1) is 11.2 Å². The minimum atomic E-state index is -2.91. The molecule has 0 radical (unpaired) electrons. The number of likely N-dealkylation sites (tertiary alicyclic amines) is 1. The number of nitrogens with one attached hydrogen (secondary N) is 1. The monoisotopic (exact) mass is 646 g/mol. The number of thioether (sulfide) groups is 1. The number of benzene rings is 1. The number of pyridine rings is 1. The number of rotatable bonds is 7. The predicted molar refractivity (Wildman–Crippen MR) is 170 cm³/mol. The molecule has 2 amide bonds. The Kier molecular flexibility index (Phi) is 8.42. The number of halogens is 3. The number of H-pyrrole nitrogens is 1. The summed E-state index contributed by atoms with van der Waals surface area (Å²) in [4.78, 5) is 51.9. The molecule has 0 saturated carbocycles. The molecule has 6 rings (SSSR count). The lowest BCUT2D eigenvalue weighted by Crippen LogP contribution is -2.42. The first kappa shape index (κ1) is 31.5. The van der Waals surface area contributed by atoms with E-state index in [-0.39, 0.29) is 55.5 Å². The topological polar surface area (TPSA) is 94.5 Å². The average Bonchev–Trinajstić information content (AvgIpc) is 3.62. The Morgan fingerprint density at radius 1 is 1.13 bits per heavy atom. The largest absolute Gasteiger partial charge is 0.363 e. The smallest absolute Gasteiger partial charge is 0.327 e. The standard InChI is InChI=1S/C32H39F3N6O3S.H2/c1-31(2,3)11-17-40-28(43)24(45-29(40)21-6-4-7-22(33)26(21)39-16-12-32(34,35)19-39)18-25(42)38-14-9-20(10-15-38)41-23-8-5-13-36-27(23)37-30(41)44;/h4-8,13,20,24,29H,9-12,14-19H2,1-3H3,(H,36,37,44);1H/t24-,29?;/m0./s1. The highest BCUT2D eigenvalue weighted by Crippen LogP contribution is 2.49. The van der Waals surface area contributed by atoms with Gasteiger partial charge in [-0.2, -0.15) is 0 Å². The third-order valence-electron chi connectivity index (χ3n) is 9.04. The first-order valence-electron chi connectivity index (χ1n) is 15.5. The molecular weight excluding hydrogens is 605 g/mol. The minimum absolute atomic E-state index is 0. The molecule has 0 aliphatic carbocycles. The van der Waals surface area contributed by atoms with Crippen LogP contribution >= 0.6 is 11.8 Å². The minimum Gasteiger partial charge on any atom is -0.363 e. The molecule has 0 bridgehead atoms. The van der Waals surface area contributed by atoms with Crippen LogP contribution in [0.1, 0.15) is 71.3 Å². The van der Waals surface area contributed by atoms with Gasteiger partial charge in [-0.25, -0.2) is 22.9 Å². The van der Waals surface area contributed by atoms with Crippen molar-refractivity contribution in [1.29, 1.82) is 0 Å². The average molecular weight is 647 g/mol. The SMILES string of the molecule is CC(C)(C)CCN1C(=O)[C@H](CC(=O)N2CCC(n3c(=O)[nH]c4ncccc43)CC2)SC1c1cccc(F)c1N1CCC(F)(F)C1.[HH]. The van der Waals surface area contributed by atoms with E-state index in [2.05, 4.69) is 30.7 Å². The highest BCUT2D eigenvalue weighted by Gasteiger charge is 2.46. The molecule has 3 aliphatic heterocycles. The van der Waals surface area contributed by atoms with Gasteiger partial charge >= 0.3 is 5.69 Å². The van der Waals surface area contributed by atoms with Gasteiger partial charge in [0.2, 0.25) is 11.8 Å². The molecule has 3 aromatic rings. The maximum Gasteiger partial charge on any atom is 0.327 e. The molecule has 244 valence electrons. The van der Waals surface area contributed by atoms with Crippen molar-refractivity contribution in [3.8, 4) is 0 Å². The molecule has 45 heavy (non-hydrogen) atoms. The summed E-state index contributed by atoms with van der Waals surface area (Å²) >= 11 is 1.30. The Hall–Kier alpha value is -3.48. The van der Waals surface area contributed by atoms with E-state index >= 15 is 4.39 Å². The Balaban J connectivity index is 0.00000417. The maximum absolute atomic E-state index is 15.3. The number of alkyl halides is 2. The zero-order chi connectivity index (χ0) is 32.1. The lowest BCUT2D eigenvalue weighted by Gasteiger charge is -2.33. The van der Waals surface area contributed by atoms with Crippen molar-refractivity contribution in [1.82, 2.24) is 24.3 Å². The zero-order valence-corrected chi connectivity index (χ0v) is 26.6. The first-order chi connectivity index (χ1) is 21.3. The van der Waals surface area contributed by atoms with E-state index in [4.69, 9.17) is 0 Å². The number of hydrogen-bond acceptors (Lipinski definition) is 6. The number of carbonyl (C=O) groups is 2. The van der Waals surface area contributed by atoms with Gasteiger partial charge in [0.1, 0.15) is 11.2 Å². The van der Waals surface area contributed by atoms with Crippen LogP contribution in [0.25, 0.3) is 11.2 Å². The van der Waals surface area contributed by atoms with E-state index in [1.54, 1.807) is 38.8 Å².